The lowest BCUT2D eigenvalue weighted by molar-refractivity contribution is 0.0912. The summed E-state index contributed by atoms with van der Waals surface area (Å²) in [5, 5.41) is 4.39. The molecule has 1 heterocycles. The first-order valence-electron chi connectivity index (χ1n) is 8.20. The Morgan fingerprint density at radius 1 is 1.00 bits per heavy atom. The summed E-state index contributed by atoms with van der Waals surface area (Å²) in [5.41, 5.74) is 5.57. The van der Waals surface area contributed by atoms with Gasteiger partial charge in [0.2, 0.25) is 0 Å². The lowest BCUT2D eigenvalue weighted by atomic mass is 10.3. The number of amides is 1. The van der Waals surface area contributed by atoms with Gasteiger partial charge in [-0.1, -0.05) is 46.9 Å². The van der Waals surface area contributed by atoms with E-state index < -0.39 is 5.91 Å². The number of carbonyl (C=O) groups excluding carboxylic acids is 1. The number of rotatable bonds is 5. The molecule has 3 N–H and O–H groups in total. The van der Waals surface area contributed by atoms with Crippen LogP contribution in [0.4, 0.5) is 5.69 Å². The Kier molecular flexibility index (Phi) is 7.22. The molecule has 2 aromatic carbocycles. The summed E-state index contributed by atoms with van der Waals surface area (Å²) in [7, 11) is 0. The molecule has 6 nitrogen and oxygen atoms in total. The third-order valence-electron chi connectivity index (χ3n) is 3.50. The molecule has 29 heavy (non-hydrogen) atoms. The highest BCUT2D eigenvalue weighted by atomic mass is 35.5. The normalized spacial score (nSPS) is 10.3. The summed E-state index contributed by atoms with van der Waals surface area (Å²) in [6.07, 6.45) is 0. The molecule has 10 heteroatoms. The lowest BCUT2D eigenvalue weighted by Gasteiger charge is -2.11. The summed E-state index contributed by atoms with van der Waals surface area (Å²) in [6, 6.07) is 15.1. The highest BCUT2D eigenvalue weighted by molar-refractivity contribution is 7.80. The van der Waals surface area contributed by atoms with Gasteiger partial charge in [0.25, 0.3) is 0 Å². The van der Waals surface area contributed by atoms with Crippen LogP contribution in [0.3, 0.4) is 0 Å². The van der Waals surface area contributed by atoms with E-state index in [-0.39, 0.29) is 17.5 Å². The van der Waals surface area contributed by atoms with Crippen LogP contribution in [0.15, 0.2) is 59.0 Å². The van der Waals surface area contributed by atoms with Crippen molar-refractivity contribution in [3.8, 4) is 5.75 Å². The Bertz CT molecular complexity index is 1020. The van der Waals surface area contributed by atoms with Crippen LogP contribution in [0.1, 0.15) is 16.3 Å². The van der Waals surface area contributed by atoms with E-state index >= 15 is 0 Å². The number of hydrogen-bond donors (Lipinski definition) is 3. The first kappa shape index (κ1) is 21.3. The largest absolute Gasteiger partial charge is 0.484 e. The molecule has 0 bridgehead atoms. The summed E-state index contributed by atoms with van der Waals surface area (Å²) in [5.74, 6) is 0.561. The second-order valence-corrected chi connectivity index (χ2v) is 7.36. The van der Waals surface area contributed by atoms with E-state index in [1.54, 1.807) is 42.5 Å². The molecule has 0 radical (unpaired) electrons. The fourth-order valence-electron chi connectivity index (χ4n) is 2.25. The second kappa shape index (κ2) is 9.84. The van der Waals surface area contributed by atoms with Crippen molar-refractivity contribution in [2.24, 2.45) is 0 Å². The minimum Gasteiger partial charge on any atom is -0.484 e. The number of halogens is 3. The molecule has 3 rings (SSSR count). The smallest absolute Gasteiger partial charge is 0.305 e. The van der Waals surface area contributed by atoms with E-state index in [0.29, 0.717) is 32.3 Å². The fourth-order valence-corrected chi connectivity index (χ4v) is 3.14. The number of benzene rings is 2. The van der Waals surface area contributed by atoms with Gasteiger partial charge in [0.1, 0.15) is 18.1 Å². The van der Waals surface area contributed by atoms with Crippen LogP contribution in [0.25, 0.3) is 0 Å². The van der Waals surface area contributed by atoms with Crippen molar-refractivity contribution in [1.82, 2.24) is 10.9 Å². The van der Waals surface area contributed by atoms with Crippen molar-refractivity contribution in [3.63, 3.8) is 0 Å². The van der Waals surface area contributed by atoms with E-state index in [2.05, 4.69) is 16.2 Å². The number of furan rings is 1. The minimum absolute atomic E-state index is 0.0869. The molecule has 0 unspecified atom stereocenters. The molecule has 0 aliphatic carbocycles. The molecule has 1 aromatic heterocycles. The highest BCUT2D eigenvalue weighted by Gasteiger charge is 2.12. The number of para-hydroxylation sites is 1. The number of nitrogens with one attached hydrogen (secondary N) is 3. The molecule has 3 aromatic rings. The number of hydrazine groups is 1. The Morgan fingerprint density at radius 3 is 2.45 bits per heavy atom. The molecule has 1 amide bonds. The second-order valence-electron chi connectivity index (χ2n) is 5.68. The van der Waals surface area contributed by atoms with Crippen LogP contribution in [-0.2, 0) is 6.61 Å². The van der Waals surface area contributed by atoms with Crippen molar-refractivity contribution in [2.45, 2.75) is 6.61 Å². The molecule has 0 fully saturated rings. The molecule has 0 aliphatic heterocycles. The zero-order valence-corrected chi connectivity index (χ0v) is 17.8. The first-order chi connectivity index (χ1) is 13.9. The Balaban J connectivity index is 1.49. The van der Waals surface area contributed by atoms with Gasteiger partial charge in [0.05, 0.1) is 5.02 Å². The van der Waals surface area contributed by atoms with E-state index in [0.717, 1.165) is 0 Å². The quantitative estimate of drug-likeness (QED) is 0.340. The van der Waals surface area contributed by atoms with E-state index in [1.807, 2.05) is 6.07 Å². The van der Waals surface area contributed by atoms with Gasteiger partial charge in [-0.05, 0) is 54.7 Å². The standard InChI is InChI=1S/C19H14Cl3N3O3S/c20-11-7-12(21)9-13(8-11)23-19(29)25-24-18(26)17-6-5-14(28-17)10-27-16-4-2-1-3-15(16)22/h1-9H,10H2,(H,24,26)(H2,23,25,29). The number of thiocarbonyl (C=S) groups is 1. The summed E-state index contributed by atoms with van der Waals surface area (Å²) < 4.78 is 11.0. The third-order valence-corrected chi connectivity index (χ3v) is 4.45. The summed E-state index contributed by atoms with van der Waals surface area (Å²) in [6.45, 7) is 0.125. The van der Waals surface area contributed by atoms with Crippen molar-refractivity contribution in [1.29, 1.82) is 0 Å². The van der Waals surface area contributed by atoms with Crippen molar-refractivity contribution in [3.05, 3.63) is 81.2 Å². The maximum absolute atomic E-state index is 12.2. The van der Waals surface area contributed by atoms with Gasteiger partial charge in [-0.25, -0.2) is 0 Å². The molecule has 0 saturated heterocycles. The van der Waals surface area contributed by atoms with Crippen LogP contribution in [0.2, 0.25) is 15.1 Å². The SMILES string of the molecule is O=C(NNC(=S)Nc1cc(Cl)cc(Cl)c1)c1ccc(COc2ccccc2Cl)o1. The predicted molar refractivity (Wildman–Crippen MR) is 118 cm³/mol. The topological polar surface area (TPSA) is 75.5 Å². The average Bonchev–Trinajstić information content (AvgIpc) is 3.14. The molecule has 0 spiro atoms. The van der Waals surface area contributed by atoms with Crippen molar-refractivity contribution < 1.29 is 13.9 Å². The van der Waals surface area contributed by atoms with Crippen LogP contribution in [-0.4, -0.2) is 11.0 Å². The average molecular weight is 471 g/mol. The first-order valence-corrected chi connectivity index (χ1v) is 9.74. The molecular formula is C19H14Cl3N3O3S. The Labute approximate surface area is 187 Å². The van der Waals surface area contributed by atoms with Crippen molar-refractivity contribution >= 4 is 63.7 Å². The van der Waals surface area contributed by atoms with E-state index in [4.69, 9.17) is 56.2 Å². The van der Waals surface area contributed by atoms with Gasteiger partial charge in [-0.3, -0.25) is 15.6 Å². The van der Waals surface area contributed by atoms with Crippen LogP contribution in [0, 0.1) is 0 Å². The molecule has 0 saturated carbocycles. The van der Waals surface area contributed by atoms with Gasteiger partial charge < -0.3 is 14.5 Å². The fraction of sp³-hybridized carbons (Fsp3) is 0.0526. The van der Waals surface area contributed by atoms with Crippen LogP contribution >= 0.6 is 47.0 Å². The van der Waals surface area contributed by atoms with Gasteiger partial charge in [-0.2, -0.15) is 0 Å². The molecule has 0 aliphatic rings. The monoisotopic (exact) mass is 469 g/mol. The third kappa shape index (κ3) is 6.27. The zero-order valence-electron chi connectivity index (χ0n) is 14.7. The molecular weight excluding hydrogens is 457 g/mol. The van der Waals surface area contributed by atoms with Gasteiger partial charge >= 0.3 is 5.91 Å². The van der Waals surface area contributed by atoms with E-state index in [1.165, 1.54) is 6.07 Å². The van der Waals surface area contributed by atoms with E-state index in [9.17, 15) is 4.79 Å². The molecule has 150 valence electrons. The Morgan fingerprint density at radius 2 is 1.72 bits per heavy atom. The number of anilines is 1. The van der Waals surface area contributed by atoms with Gasteiger partial charge in [0, 0.05) is 15.7 Å². The number of carbonyl (C=O) groups is 1. The lowest BCUT2D eigenvalue weighted by Crippen LogP contribution is -2.43. The minimum atomic E-state index is -0.512. The van der Waals surface area contributed by atoms with Crippen LogP contribution < -0.4 is 20.9 Å². The number of ether oxygens (including phenoxy) is 1. The van der Waals surface area contributed by atoms with Gasteiger partial charge in [-0.15, -0.1) is 0 Å². The maximum atomic E-state index is 12.2. The highest BCUT2D eigenvalue weighted by Crippen LogP contribution is 2.24. The zero-order chi connectivity index (χ0) is 20.8. The van der Waals surface area contributed by atoms with Gasteiger partial charge in [0.15, 0.2) is 10.9 Å². The Hall–Kier alpha value is -2.45. The van der Waals surface area contributed by atoms with Crippen LogP contribution in [0.5, 0.6) is 5.75 Å². The summed E-state index contributed by atoms with van der Waals surface area (Å²) in [4.78, 5) is 12.2. The van der Waals surface area contributed by atoms with Crippen molar-refractivity contribution in [2.75, 3.05) is 5.32 Å². The number of hydrogen-bond acceptors (Lipinski definition) is 4. The summed E-state index contributed by atoms with van der Waals surface area (Å²) >= 11 is 23.0. The maximum Gasteiger partial charge on any atom is 0.305 e. The molecule has 0 atom stereocenters. The predicted octanol–water partition coefficient (Wildman–Crippen LogP) is 5.45.